The van der Waals surface area contributed by atoms with Crippen LogP contribution in [0.4, 0.5) is 0 Å². The van der Waals surface area contributed by atoms with E-state index in [9.17, 15) is 24.6 Å². The van der Waals surface area contributed by atoms with Crippen LogP contribution in [0.15, 0.2) is 36.0 Å². The molecule has 11 heteroatoms. The summed E-state index contributed by atoms with van der Waals surface area (Å²) in [4.78, 5) is 35.9. The minimum absolute atomic E-state index is 0.0160. The molecule has 1 saturated heterocycles. The van der Waals surface area contributed by atoms with E-state index in [1.54, 1.807) is 12.2 Å². The lowest BCUT2D eigenvalue weighted by Gasteiger charge is -2.32. The Labute approximate surface area is 254 Å². The number of hydrogen-bond acceptors (Lipinski definition) is 11. The molecular weight excluding hydrogens is 560 g/mol. The number of carbonyl (C=O) groups excluding carboxylic acids is 3. The van der Waals surface area contributed by atoms with Crippen LogP contribution in [0, 0.1) is 17.8 Å². The van der Waals surface area contributed by atoms with Crippen molar-refractivity contribution in [2.45, 2.75) is 129 Å². The van der Waals surface area contributed by atoms with E-state index in [1.165, 1.54) is 13.8 Å². The van der Waals surface area contributed by atoms with Gasteiger partial charge in [-0.15, -0.1) is 0 Å². The maximum atomic E-state index is 12.6. The van der Waals surface area contributed by atoms with E-state index >= 15 is 0 Å². The molecule has 244 valence electrons. The Bertz CT molecular complexity index is 1030. The molecule has 0 saturated carbocycles. The van der Waals surface area contributed by atoms with E-state index in [2.05, 4.69) is 0 Å². The summed E-state index contributed by atoms with van der Waals surface area (Å²) in [6.07, 6.45) is 5.06. The van der Waals surface area contributed by atoms with Crippen molar-refractivity contribution in [1.29, 1.82) is 0 Å². The smallest absolute Gasteiger partial charge is 0.363 e. The van der Waals surface area contributed by atoms with Gasteiger partial charge in [0.25, 0.3) is 6.29 Å². The molecule has 2 heterocycles. The normalized spacial score (nSPS) is 33.5. The molecule has 0 aromatic rings. The summed E-state index contributed by atoms with van der Waals surface area (Å²) in [5.41, 5.74) is -0.666. The van der Waals surface area contributed by atoms with Gasteiger partial charge in [-0.1, -0.05) is 52.0 Å². The molecule has 2 aliphatic heterocycles. The number of epoxide rings is 1. The first kappa shape index (κ1) is 36.6. The van der Waals surface area contributed by atoms with Gasteiger partial charge in [0.2, 0.25) is 0 Å². The highest BCUT2D eigenvalue weighted by molar-refractivity contribution is 5.72. The highest BCUT2D eigenvalue weighted by atomic mass is 16.6. The average molecular weight is 611 g/mol. The standard InChI is InChI=1S/C32H50O11/c1-8-24(42-31(38)30(36)37)21(5)29-25(41-29)16-18(2)10-9-11-19(3)28-20(4)12-13-26(40-22(6)33)32(7,39)15-14-23(34)17-27(35)43-28/h9-13,18,20-21,23-26,28-30,34,36-37,39H,8,14-17H2,1-7H3/b10-9+,13-12-,19-11+. The molecule has 0 aromatic carbocycles. The fourth-order valence-electron chi connectivity index (χ4n) is 5.36. The summed E-state index contributed by atoms with van der Waals surface area (Å²) >= 11 is 0. The average Bonchev–Trinajstić information content (AvgIpc) is 3.68. The van der Waals surface area contributed by atoms with Crippen molar-refractivity contribution in [1.82, 2.24) is 0 Å². The number of aliphatic hydroxyl groups is 4. The van der Waals surface area contributed by atoms with Gasteiger partial charge in [0.1, 0.15) is 23.9 Å². The van der Waals surface area contributed by atoms with E-state index in [0.29, 0.717) is 6.42 Å². The minimum Gasteiger partial charge on any atom is -0.458 e. The zero-order valence-corrected chi connectivity index (χ0v) is 26.3. The lowest BCUT2D eigenvalue weighted by molar-refractivity contribution is -0.181. The molecule has 43 heavy (non-hydrogen) atoms. The highest BCUT2D eigenvalue weighted by Crippen LogP contribution is 2.37. The molecule has 1 fully saturated rings. The van der Waals surface area contributed by atoms with Crippen LogP contribution in [0.3, 0.4) is 0 Å². The van der Waals surface area contributed by atoms with Crippen LogP contribution in [-0.4, -0.2) is 86.8 Å². The maximum Gasteiger partial charge on any atom is 0.363 e. The Morgan fingerprint density at radius 2 is 1.88 bits per heavy atom. The zero-order chi connectivity index (χ0) is 32.5. The quantitative estimate of drug-likeness (QED) is 0.0677. The van der Waals surface area contributed by atoms with Gasteiger partial charge in [0.05, 0.1) is 24.7 Å². The molecule has 0 bridgehead atoms. The van der Waals surface area contributed by atoms with Gasteiger partial charge in [-0.05, 0) is 57.1 Å². The van der Waals surface area contributed by atoms with Crippen LogP contribution in [-0.2, 0) is 33.3 Å². The molecule has 0 aliphatic carbocycles. The number of allylic oxidation sites excluding steroid dienone is 3. The van der Waals surface area contributed by atoms with Crippen LogP contribution in [0.5, 0.6) is 0 Å². The summed E-state index contributed by atoms with van der Waals surface area (Å²) in [5, 5.41) is 39.4. The molecule has 0 spiro atoms. The minimum atomic E-state index is -2.16. The second-order valence-corrected chi connectivity index (χ2v) is 12.2. The van der Waals surface area contributed by atoms with Crippen molar-refractivity contribution in [3.05, 3.63) is 36.0 Å². The molecule has 10 atom stereocenters. The van der Waals surface area contributed by atoms with Crippen LogP contribution < -0.4 is 0 Å². The van der Waals surface area contributed by atoms with Gasteiger partial charge in [0.15, 0.2) is 0 Å². The Morgan fingerprint density at radius 1 is 1.21 bits per heavy atom. The van der Waals surface area contributed by atoms with E-state index in [1.807, 2.05) is 52.8 Å². The summed E-state index contributed by atoms with van der Waals surface area (Å²) < 4.78 is 22.2. The Balaban J connectivity index is 2.08. The van der Waals surface area contributed by atoms with Crippen molar-refractivity contribution >= 4 is 17.9 Å². The van der Waals surface area contributed by atoms with Crippen molar-refractivity contribution < 1.29 is 53.8 Å². The van der Waals surface area contributed by atoms with E-state index < -0.39 is 54.2 Å². The third kappa shape index (κ3) is 11.8. The van der Waals surface area contributed by atoms with Gasteiger partial charge in [-0.2, -0.15) is 0 Å². The Hall–Kier alpha value is -2.57. The van der Waals surface area contributed by atoms with Crippen LogP contribution in [0.1, 0.15) is 80.6 Å². The van der Waals surface area contributed by atoms with Crippen LogP contribution >= 0.6 is 0 Å². The van der Waals surface area contributed by atoms with Crippen molar-refractivity contribution in [2.75, 3.05) is 0 Å². The van der Waals surface area contributed by atoms with Crippen molar-refractivity contribution in [3.8, 4) is 0 Å². The molecule has 11 nitrogen and oxygen atoms in total. The lowest BCUT2D eigenvalue weighted by Crippen LogP contribution is -2.42. The molecule has 0 aromatic heterocycles. The Kier molecular flexibility index (Phi) is 14.0. The topological polar surface area (TPSA) is 172 Å². The zero-order valence-electron chi connectivity index (χ0n) is 26.3. The molecule has 0 amide bonds. The first-order valence-electron chi connectivity index (χ1n) is 15.1. The monoisotopic (exact) mass is 610 g/mol. The number of aliphatic hydroxyl groups excluding tert-OH is 2. The highest BCUT2D eigenvalue weighted by Gasteiger charge is 2.46. The van der Waals surface area contributed by atoms with E-state index in [4.69, 9.17) is 29.2 Å². The van der Waals surface area contributed by atoms with Crippen molar-refractivity contribution in [2.24, 2.45) is 17.8 Å². The van der Waals surface area contributed by atoms with Crippen LogP contribution in [0.2, 0.25) is 0 Å². The summed E-state index contributed by atoms with van der Waals surface area (Å²) in [7, 11) is 0. The summed E-state index contributed by atoms with van der Waals surface area (Å²) in [6.45, 7) is 12.3. The first-order valence-corrected chi connectivity index (χ1v) is 15.1. The lowest BCUT2D eigenvalue weighted by atomic mass is 9.88. The number of esters is 3. The SMILES string of the molecule is CCC(OC(=O)C(O)O)C(C)C1OC1CC(C)/C=C/C=C(\C)C1OC(=O)CC(O)CCC(C)(O)C(OC(C)=O)/C=C\C1C. The molecular formula is C32H50O11. The predicted molar refractivity (Wildman–Crippen MR) is 157 cm³/mol. The van der Waals surface area contributed by atoms with Gasteiger partial charge in [0, 0.05) is 18.8 Å². The maximum absolute atomic E-state index is 12.6. The second-order valence-electron chi connectivity index (χ2n) is 12.2. The fraction of sp³-hybridized carbons (Fsp3) is 0.719. The molecule has 10 unspecified atom stereocenters. The van der Waals surface area contributed by atoms with Gasteiger partial charge < -0.3 is 39.4 Å². The van der Waals surface area contributed by atoms with E-state index in [-0.39, 0.29) is 49.2 Å². The fourth-order valence-corrected chi connectivity index (χ4v) is 5.36. The van der Waals surface area contributed by atoms with Gasteiger partial charge >= 0.3 is 17.9 Å². The number of cyclic esters (lactones) is 1. The number of ether oxygens (including phenoxy) is 4. The van der Waals surface area contributed by atoms with Crippen LogP contribution in [0.25, 0.3) is 0 Å². The predicted octanol–water partition coefficient (Wildman–Crippen LogP) is 2.88. The summed E-state index contributed by atoms with van der Waals surface area (Å²) in [5.74, 6) is -2.45. The first-order chi connectivity index (χ1) is 20.0. The third-order valence-electron chi connectivity index (χ3n) is 8.08. The number of carbonyl (C=O) groups is 3. The largest absolute Gasteiger partial charge is 0.458 e. The number of rotatable bonds is 11. The van der Waals surface area contributed by atoms with Crippen molar-refractivity contribution in [3.63, 3.8) is 0 Å². The number of hydrogen-bond donors (Lipinski definition) is 4. The van der Waals surface area contributed by atoms with Gasteiger partial charge in [-0.3, -0.25) is 9.59 Å². The molecule has 2 aliphatic rings. The Morgan fingerprint density at radius 3 is 2.49 bits per heavy atom. The van der Waals surface area contributed by atoms with E-state index in [0.717, 1.165) is 12.0 Å². The van der Waals surface area contributed by atoms with Gasteiger partial charge in [-0.25, -0.2) is 4.79 Å². The third-order valence-corrected chi connectivity index (χ3v) is 8.08. The second kappa shape index (κ2) is 16.5. The molecule has 0 radical (unpaired) electrons. The summed E-state index contributed by atoms with van der Waals surface area (Å²) in [6, 6.07) is 0. The molecule has 2 rings (SSSR count). The molecule has 4 N–H and O–H groups in total.